The maximum Gasteiger partial charge on any atom is 0.256 e. The van der Waals surface area contributed by atoms with Gasteiger partial charge in [-0.3, -0.25) is 4.79 Å². The van der Waals surface area contributed by atoms with E-state index in [1.165, 1.54) is 19.3 Å². The summed E-state index contributed by atoms with van der Waals surface area (Å²) in [6, 6.07) is 1.15. The Hall–Kier alpha value is -1.16. The quantitative estimate of drug-likeness (QED) is 0.796. The molecule has 2 rings (SSSR count). The second-order valence-corrected chi connectivity index (χ2v) is 5.54. The van der Waals surface area contributed by atoms with Crippen molar-refractivity contribution >= 4 is 17.5 Å². The lowest BCUT2D eigenvalue weighted by Crippen LogP contribution is -2.33. The summed E-state index contributed by atoms with van der Waals surface area (Å²) >= 11 is 5.85. The molecule has 0 aliphatic heterocycles. The molecular formula is C14H18ClFN2O. The third-order valence-corrected chi connectivity index (χ3v) is 3.94. The SMILES string of the molecule is CN(CC1CCCCC1)C(=O)c1cc(F)cnc1Cl. The van der Waals surface area contributed by atoms with E-state index in [2.05, 4.69) is 4.98 Å². The van der Waals surface area contributed by atoms with Crippen LogP contribution in [0.3, 0.4) is 0 Å². The molecule has 0 unspecified atom stereocenters. The number of carbonyl (C=O) groups excluding carboxylic acids is 1. The van der Waals surface area contributed by atoms with E-state index < -0.39 is 5.82 Å². The van der Waals surface area contributed by atoms with Gasteiger partial charge in [0.2, 0.25) is 0 Å². The molecule has 1 saturated carbocycles. The Morgan fingerprint density at radius 2 is 2.16 bits per heavy atom. The van der Waals surface area contributed by atoms with Gasteiger partial charge in [-0.25, -0.2) is 9.37 Å². The lowest BCUT2D eigenvalue weighted by atomic mass is 9.89. The molecule has 0 N–H and O–H groups in total. The summed E-state index contributed by atoms with van der Waals surface area (Å²) in [7, 11) is 1.73. The van der Waals surface area contributed by atoms with E-state index in [1.54, 1.807) is 11.9 Å². The molecule has 1 aromatic rings. The third kappa shape index (κ3) is 3.66. The number of rotatable bonds is 3. The molecule has 1 fully saturated rings. The second-order valence-electron chi connectivity index (χ2n) is 5.18. The van der Waals surface area contributed by atoms with Gasteiger partial charge in [-0.1, -0.05) is 30.9 Å². The van der Waals surface area contributed by atoms with Gasteiger partial charge in [0.15, 0.2) is 0 Å². The van der Waals surface area contributed by atoms with Crippen LogP contribution in [0.15, 0.2) is 12.3 Å². The van der Waals surface area contributed by atoms with Crippen molar-refractivity contribution in [2.75, 3.05) is 13.6 Å². The van der Waals surface area contributed by atoms with E-state index in [-0.39, 0.29) is 16.6 Å². The van der Waals surface area contributed by atoms with Crippen molar-refractivity contribution in [1.29, 1.82) is 0 Å². The number of pyridine rings is 1. The van der Waals surface area contributed by atoms with Gasteiger partial charge >= 0.3 is 0 Å². The topological polar surface area (TPSA) is 33.2 Å². The van der Waals surface area contributed by atoms with Crippen LogP contribution in [0.5, 0.6) is 0 Å². The van der Waals surface area contributed by atoms with Gasteiger partial charge in [-0.15, -0.1) is 0 Å². The summed E-state index contributed by atoms with van der Waals surface area (Å²) in [5, 5.41) is 0.0573. The van der Waals surface area contributed by atoms with E-state index in [0.717, 1.165) is 25.1 Å². The van der Waals surface area contributed by atoms with Gasteiger partial charge in [-0.05, 0) is 24.8 Å². The first-order valence-corrected chi connectivity index (χ1v) is 7.02. The van der Waals surface area contributed by atoms with E-state index in [9.17, 15) is 9.18 Å². The predicted molar refractivity (Wildman–Crippen MR) is 72.7 cm³/mol. The number of carbonyl (C=O) groups is 1. The number of aromatic nitrogens is 1. The Kier molecular flexibility index (Phi) is 4.75. The number of halogens is 2. The Labute approximate surface area is 117 Å². The molecule has 1 aliphatic rings. The molecule has 3 nitrogen and oxygen atoms in total. The zero-order valence-corrected chi connectivity index (χ0v) is 11.8. The fourth-order valence-electron chi connectivity index (χ4n) is 2.62. The second kappa shape index (κ2) is 6.33. The smallest absolute Gasteiger partial charge is 0.256 e. The van der Waals surface area contributed by atoms with Crippen LogP contribution >= 0.6 is 11.6 Å². The summed E-state index contributed by atoms with van der Waals surface area (Å²) in [6.45, 7) is 0.700. The van der Waals surface area contributed by atoms with Gasteiger partial charge in [0.05, 0.1) is 11.8 Å². The van der Waals surface area contributed by atoms with E-state index in [0.29, 0.717) is 12.5 Å². The monoisotopic (exact) mass is 284 g/mol. The Balaban J connectivity index is 2.03. The molecule has 0 atom stereocenters. The van der Waals surface area contributed by atoms with Gasteiger partial charge in [0.25, 0.3) is 5.91 Å². The average molecular weight is 285 g/mol. The minimum absolute atomic E-state index is 0.0573. The highest BCUT2D eigenvalue weighted by Crippen LogP contribution is 2.25. The lowest BCUT2D eigenvalue weighted by molar-refractivity contribution is 0.0760. The molecule has 0 saturated heterocycles. The van der Waals surface area contributed by atoms with Crippen molar-refractivity contribution in [2.24, 2.45) is 5.92 Å². The van der Waals surface area contributed by atoms with E-state index >= 15 is 0 Å². The first-order chi connectivity index (χ1) is 9.08. The Morgan fingerprint density at radius 3 is 2.84 bits per heavy atom. The molecule has 0 spiro atoms. The Morgan fingerprint density at radius 1 is 1.47 bits per heavy atom. The van der Waals surface area contributed by atoms with Gasteiger partial charge in [0, 0.05) is 13.6 Å². The van der Waals surface area contributed by atoms with Crippen molar-refractivity contribution in [1.82, 2.24) is 9.88 Å². The fraction of sp³-hybridized carbons (Fsp3) is 0.571. The van der Waals surface area contributed by atoms with Crippen LogP contribution in [-0.2, 0) is 0 Å². The zero-order valence-electron chi connectivity index (χ0n) is 11.0. The van der Waals surface area contributed by atoms with Crippen LogP contribution in [0, 0.1) is 11.7 Å². The van der Waals surface area contributed by atoms with E-state index in [1.807, 2.05) is 0 Å². The van der Waals surface area contributed by atoms with Gasteiger partial charge in [-0.2, -0.15) is 0 Å². The summed E-state index contributed by atoms with van der Waals surface area (Å²) in [4.78, 5) is 17.5. The van der Waals surface area contributed by atoms with Gasteiger partial charge < -0.3 is 4.90 Å². The first-order valence-electron chi connectivity index (χ1n) is 6.64. The summed E-state index contributed by atoms with van der Waals surface area (Å²) in [6.07, 6.45) is 7.08. The molecule has 1 aromatic heterocycles. The summed E-state index contributed by atoms with van der Waals surface area (Å²) in [5.74, 6) is -0.260. The van der Waals surface area contributed by atoms with Crippen LogP contribution in [0.4, 0.5) is 4.39 Å². The van der Waals surface area contributed by atoms with Crippen LogP contribution in [0.25, 0.3) is 0 Å². The predicted octanol–water partition coefficient (Wildman–Crippen LogP) is 3.53. The highest BCUT2D eigenvalue weighted by molar-refractivity contribution is 6.32. The van der Waals surface area contributed by atoms with Crippen LogP contribution in [0.1, 0.15) is 42.5 Å². The summed E-state index contributed by atoms with van der Waals surface area (Å²) < 4.78 is 13.1. The third-order valence-electron chi connectivity index (χ3n) is 3.64. The molecule has 1 heterocycles. The standard InChI is InChI=1S/C14H18ClFN2O/c1-18(9-10-5-3-2-4-6-10)14(19)12-7-11(16)8-17-13(12)15/h7-8,10H,2-6,9H2,1H3. The Bertz CT molecular complexity index is 461. The largest absolute Gasteiger partial charge is 0.341 e. The molecule has 1 amide bonds. The fourth-order valence-corrected chi connectivity index (χ4v) is 2.80. The molecule has 5 heteroatoms. The molecular weight excluding hydrogens is 267 g/mol. The first kappa shape index (κ1) is 14.3. The minimum Gasteiger partial charge on any atom is -0.341 e. The number of hydrogen-bond acceptors (Lipinski definition) is 2. The molecule has 0 aromatic carbocycles. The van der Waals surface area contributed by atoms with E-state index in [4.69, 9.17) is 11.6 Å². The molecule has 0 bridgehead atoms. The van der Waals surface area contributed by atoms with Gasteiger partial charge in [0.1, 0.15) is 11.0 Å². The number of amides is 1. The zero-order chi connectivity index (χ0) is 13.8. The molecule has 104 valence electrons. The highest BCUT2D eigenvalue weighted by atomic mass is 35.5. The lowest BCUT2D eigenvalue weighted by Gasteiger charge is -2.27. The van der Waals surface area contributed by atoms with Crippen molar-refractivity contribution in [2.45, 2.75) is 32.1 Å². The average Bonchev–Trinajstić information content (AvgIpc) is 2.42. The molecule has 19 heavy (non-hydrogen) atoms. The van der Waals surface area contributed by atoms with Crippen molar-refractivity contribution in [3.8, 4) is 0 Å². The van der Waals surface area contributed by atoms with Crippen molar-refractivity contribution in [3.63, 3.8) is 0 Å². The van der Waals surface area contributed by atoms with Crippen LogP contribution in [-0.4, -0.2) is 29.4 Å². The maximum atomic E-state index is 13.1. The van der Waals surface area contributed by atoms with Crippen LogP contribution in [0.2, 0.25) is 5.15 Å². The maximum absolute atomic E-state index is 13.1. The minimum atomic E-state index is -0.543. The number of hydrogen-bond donors (Lipinski definition) is 0. The number of nitrogens with zero attached hydrogens (tertiary/aromatic N) is 2. The van der Waals surface area contributed by atoms with Crippen molar-refractivity contribution < 1.29 is 9.18 Å². The molecule has 0 radical (unpaired) electrons. The van der Waals surface area contributed by atoms with Crippen LogP contribution < -0.4 is 0 Å². The summed E-state index contributed by atoms with van der Waals surface area (Å²) in [5.41, 5.74) is 0.139. The molecule has 1 aliphatic carbocycles. The highest BCUT2D eigenvalue weighted by Gasteiger charge is 2.21. The van der Waals surface area contributed by atoms with Crippen molar-refractivity contribution in [3.05, 3.63) is 28.8 Å². The normalized spacial score (nSPS) is 16.4.